The maximum absolute atomic E-state index is 8.64. The van der Waals surface area contributed by atoms with Crippen LogP contribution in [0, 0.1) is 0 Å². The smallest absolute Gasteiger partial charge is 0.128 e. The van der Waals surface area contributed by atoms with Crippen molar-refractivity contribution in [1.29, 1.82) is 0 Å². The van der Waals surface area contributed by atoms with Crippen molar-refractivity contribution >= 4 is 17.8 Å². The lowest BCUT2D eigenvalue weighted by molar-refractivity contribution is 0.217. The van der Waals surface area contributed by atoms with Crippen LogP contribution in [0.15, 0.2) is 47.6 Å². The summed E-state index contributed by atoms with van der Waals surface area (Å²) in [7, 11) is 0. The van der Waals surface area contributed by atoms with E-state index in [9.17, 15) is 0 Å². The fraction of sp³-hybridized carbons (Fsp3) is 0.235. The molecule has 0 aliphatic heterocycles. The Hall–Kier alpha value is -2.20. The maximum atomic E-state index is 8.64. The van der Waals surface area contributed by atoms with Gasteiger partial charge in [-0.15, -0.1) is 0 Å². The zero-order valence-corrected chi connectivity index (χ0v) is 13.1. The lowest BCUT2D eigenvalue weighted by Crippen LogP contribution is -2.10. The van der Waals surface area contributed by atoms with Gasteiger partial charge in [0.25, 0.3) is 0 Å². The van der Waals surface area contributed by atoms with Gasteiger partial charge in [0.05, 0.1) is 6.21 Å². The van der Waals surface area contributed by atoms with Crippen molar-refractivity contribution in [3.63, 3.8) is 0 Å². The molecule has 0 radical (unpaired) electrons. The van der Waals surface area contributed by atoms with Crippen LogP contribution in [0.4, 0.5) is 0 Å². The second-order valence-corrected chi connectivity index (χ2v) is 5.06. The predicted octanol–water partition coefficient (Wildman–Crippen LogP) is 4.17. The zero-order chi connectivity index (χ0) is 15.8. The fourth-order valence-corrected chi connectivity index (χ4v) is 2.13. The average molecular weight is 320 g/mol. The van der Waals surface area contributed by atoms with E-state index in [1.54, 1.807) is 18.2 Å². The van der Waals surface area contributed by atoms with E-state index in [1.165, 1.54) is 11.8 Å². The molecule has 2 aromatic rings. The number of hydrogen-bond donors (Lipinski definition) is 1. The van der Waals surface area contributed by atoms with Crippen molar-refractivity contribution in [2.75, 3.05) is 13.2 Å². The second kappa shape index (κ2) is 8.29. The minimum Gasteiger partial charge on any atom is -0.490 e. The highest BCUT2D eigenvalue weighted by atomic mass is 35.5. The van der Waals surface area contributed by atoms with Gasteiger partial charge >= 0.3 is 0 Å². The number of halogens is 1. The van der Waals surface area contributed by atoms with Crippen molar-refractivity contribution in [3.05, 3.63) is 58.6 Å². The summed E-state index contributed by atoms with van der Waals surface area (Å²) in [6, 6.07) is 13.1. The molecule has 0 amide bonds. The topological polar surface area (TPSA) is 51.0 Å². The zero-order valence-electron chi connectivity index (χ0n) is 12.3. The molecule has 2 aromatic carbocycles. The van der Waals surface area contributed by atoms with Gasteiger partial charge in [0, 0.05) is 10.6 Å². The Morgan fingerprint density at radius 1 is 1.09 bits per heavy atom. The Bertz CT molecular complexity index is 626. The van der Waals surface area contributed by atoms with Gasteiger partial charge < -0.3 is 14.7 Å². The summed E-state index contributed by atoms with van der Waals surface area (Å²) in [6.07, 6.45) is 2.29. The number of oxime groups is 1. The molecule has 116 valence electrons. The summed E-state index contributed by atoms with van der Waals surface area (Å²) < 4.78 is 11.2. The van der Waals surface area contributed by atoms with Gasteiger partial charge in [-0.25, -0.2) is 0 Å². The highest BCUT2D eigenvalue weighted by Gasteiger charge is 2.03. The predicted molar refractivity (Wildman–Crippen MR) is 87.6 cm³/mol. The van der Waals surface area contributed by atoms with Gasteiger partial charge in [0.1, 0.15) is 24.7 Å². The largest absolute Gasteiger partial charge is 0.490 e. The molecule has 0 saturated heterocycles. The van der Waals surface area contributed by atoms with Crippen LogP contribution in [0.5, 0.6) is 11.5 Å². The van der Waals surface area contributed by atoms with Crippen LogP contribution in [0.1, 0.15) is 18.1 Å². The minimum atomic E-state index is 0.378. The van der Waals surface area contributed by atoms with E-state index >= 15 is 0 Å². The molecular formula is C17H18ClNO3. The molecule has 2 rings (SSSR count). The third-order valence-electron chi connectivity index (χ3n) is 3.11. The normalized spacial score (nSPS) is 10.8. The maximum Gasteiger partial charge on any atom is 0.128 e. The van der Waals surface area contributed by atoms with E-state index in [-0.39, 0.29) is 0 Å². The summed E-state index contributed by atoms with van der Waals surface area (Å²) >= 11 is 5.90. The minimum absolute atomic E-state index is 0.378. The third-order valence-corrected chi connectivity index (χ3v) is 3.34. The first-order valence-electron chi connectivity index (χ1n) is 7.04. The lowest BCUT2D eigenvalue weighted by atomic mass is 10.2. The monoisotopic (exact) mass is 319 g/mol. The average Bonchev–Trinajstić information content (AvgIpc) is 2.54. The SMILES string of the molecule is CCc1ccc(OCCOc2ccc(Cl)cc2/C=N/O)cc1. The van der Waals surface area contributed by atoms with Crippen LogP contribution in [0.3, 0.4) is 0 Å². The van der Waals surface area contributed by atoms with Gasteiger partial charge in [0.15, 0.2) is 0 Å². The molecule has 0 heterocycles. The van der Waals surface area contributed by atoms with Crippen LogP contribution >= 0.6 is 11.6 Å². The van der Waals surface area contributed by atoms with Crippen molar-refractivity contribution in [1.82, 2.24) is 0 Å². The molecule has 4 nitrogen and oxygen atoms in total. The molecule has 0 atom stereocenters. The Morgan fingerprint density at radius 2 is 1.82 bits per heavy atom. The van der Waals surface area contributed by atoms with Crippen LogP contribution < -0.4 is 9.47 Å². The van der Waals surface area contributed by atoms with Crippen LogP contribution in [-0.4, -0.2) is 24.6 Å². The first-order valence-corrected chi connectivity index (χ1v) is 7.42. The standard InChI is InChI=1S/C17H18ClNO3/c1-2-13-3-6-16(7-4-13)21-9-10-22-17-8-5-15(18)11-14(17)12-19-20/h3-8,11-12,20H,2,9-10H2,1H3/b19-12+. The molecule has 1 N–H and O–H groups in total. The van der Waals surface area contributed by atoms with E-state index < -0.39 is 0 Å². The van der Waals surface area contributed by atoms with E-state index in [1.807, 2.05) is 24.3 Å². The highest BCUT2D eigenvalue weighted by molar-refractivity contribution is 6.30. The first-order chi connectivity index (χ1) is 10.7. The Kier molecular flexibility index (Phi) is 6.10. The van der Waals surface area contributed by atoms with Crippen LogP contribution in [0.2, 0.25) is 5.02 Å². The number of nitrogens with zero attached hydrogens (tertiary/aromatic N) is 1. The molecular weight excluding hydrogens is 302 g/mol. The van der Waals surface area contributed by atoms with Gasteiger partial charge in [-0.1, -0.05) is 35.8 Å². The molecule has 0 fully saturated rings. The fourth-order valence-electron chi connectivity index (χ4n) is 1.95. The van der Waals surface area contributed by atoms with Gasteiger partial charge in [-0.2, -0.15) is 0 Å². The summed E-state index contributed by atoms with van der Waals surface area (Å²) in [6.45, 7) is 2.91. The van der Waals surface area contributed by atoms with Crippen molar-refractivity contribution < 1.29 is 14.7 Å². The number of hydrogen-bond acceptors (Lipinski definition) is 4. The van der Waals surface area contributed by atoms with Gasteiger partial charge in [0.2, 0.25) is 0 Å². The number of benzene rings is 2. The molecule has 0 aromatic heterocycles. The Balaban J connectivity index is 1.85. The molecule has 0 aliphatic carbocycles. The van der Waals surface area contributed by atoms with E-state index in [2.05, 4.69) is 12.1 Å². The number of ether oxygens (including phenoxy) is 2. The summed E-state index contributed by atoms with van der Waals surface area (Å²) in [5.74, 6) is 1.40. The van der Waals surface area contributed by atoms with Gasteiger partial charge in [-0.3, -0.25) is 0 Å². The lowest BCUT2D eigenvalue weighted by Gasteiger charge is -2.10. The molecule has 22 heavy (non-hydrogen) atoms. The van der Waals surface area contributed by atoms with Crippen LogP contribution in [0.25, 0.3) is 0 Å². The highest BCUT2D eigenvalue weighted by Crippen LogP contribution is 2.21. The molecule has 0 bridgehead atoms. The van der Waals surface area contributed by atoms with E-state index in [4.69, 9.17) is 26.3 Å². The van der Waals surface area contributed by atoms with E-state index in [0.29, 0.717) is 29.5 Å². The first kappa shape index (κ1) is 16.2. The molecule has 0 saturated carbocycles. The summed E-state index contributed by atoms with van der Waals surface area (Å²) in [4.78, 5) is 0. The second-order valence-electron chi connectivity index (χ2n) is 4.62. The third kappa shape index (κ3) is 4.67. The van der Waals surface area contributed by atoms with Crippen molar-refractivity contribution in [2.24, 2.45) is 5.16 Å². The molecule has 0 unspecified atom stereocenters. The van der Waals surface area contributed by atoms with Crippen molar-refractivity contribution in [3.8, 4) is 11.5 Å². The number of rotatable bonds is 7. The van der Waals surface area contributed by atoms with Crippen LogP contribution in [-0.2, 0) is 6.42 Å². The molecule has 0 aliphatic rings. The Morgan fingerprint density at radius 3 is 2.50 bits per heavy atom. The van der Waals surface area contributed by atoms with Crippen molar-refractivity contribution in [2.45, 2.75) is 13.3 Å². The molecule has 0 spiro atoms. The quantitative estimate of drug-likeness (QED) is 0.361. The number of aryl methyl sites for hydroxylation is 1. The van der Waals surface area contributed by atoms with Gasteiger partial charge in [-0.05, 0) is 42.3 Å². The van der Waals surface area contributed by atoms with E-state index in [0.717, 1.165) is 12.2 Å². The molecule has 5 heteroatoms. The summed E-state index contributed by atoms with van der Waals surface area (Å²) in [5, 5.41) is 12.2. The Labute approximate surface area is 134 Å². The summed E-state index contributed by atoms with van der Waals surface area (Å²) in [5.41, 5.74) is 1.89.